The first-order valence-corrected chi connectivity index (χ1v) is 8.50. The van der Waals surface area contributed by atoms with Crippen LogP contribution in [0.2, 0.25) is 5.02 Å². The summed E-state index contributed by atoms with van der Waals surface area (Å²) >= 11 is 5.95. The summed E-state index contributed by atoms with van der Waals surface area (Å²) in [6.07, 6.45) is 0. The van der Waals surface area contributed by atoms with Gasteiger partial charge in [0.25, 0.3) is 5.91 Å². The van der Waals surface area contributed by atoms with E-state index in [0.29, 0.717) is 27.8 Å². The highest BCUT2D eigenvalue weighted by Crippen LogP contribution is 2.28. The summed E-state index contributed by atoms with van der Waals surface area (Å²) in [6.45, 7) is 0.843. The van der Waals surface area contributed by atoms with Gasteiger partial charge in [0.2, 0.25) is 0 Å². The van der Waals surface area contributed by atoms with E-state index in [-0.39, 0.29) is 12.4 Å². The number of carbonyl (C=O) groups excluding carboxylic acids is 2. The van der Waals surface area contributed by atoms with Crippen molar-refractivity contribution in [2.24, 2.45) is 5.10 Å². The zero-order valence-corrected chi connectivity index (χ0v) is 16.0. The Morgan fingerprint density at radius 2 is 1.79 bits per heavy atom. The number of halogens is 1. The van der Waals surface area contributed by atoms with Crippen LogP contribution in [0.15, 0.2) is 47.6 Å². The molecule has 148 valence electrons. The number of methoxy groups -OCH3 is 1. The van der Waals surface area contributed by atoms with Crippen LogP contribution in [0.5, 0.6) is 17.2 Å². The van der Waals surface area contributed by atoms with Crippen molar-refractivity contribution in [1.82, 2.24) is 5.43 Å². The predicted molar refractivity (Wildman–Crippen MR) is 101 cm³/mol. The molecule has 8 nitrogen and oxygen atoms in total. The van der Waals surface area contributed by atoms with Crippen LogP contribution in [0.4, 0.5) is 0 Å². The molecule has 2 aromatic carbocycles. The molecule has 9 heteroatoms. The van der Waals surface area contributed by atoms with Gasteiger partial charge in [0, 0.05) is 5.56 Å². The first-order chi connectivity index (χ1) is 13.4. The lowest BCUT2D eigenvalue weighted by atomic mass is 10.1. The Hall–Kier alpha value is -3.26. The van der Waals surface area contributed by atoms with E-state index in [1.54, 1.807) is 49.4 Å². The van der Waals surface area contributed by atoms with Crippen molar-refractivity contribution in [2.75, 3.05) is 20.3 Å². The van der Waals surface area contributed by atoms with E-state index in [4.69, 9.17) is 25.8 Å². The number of benzene rings is 2. The number of rotatable bonds is 9. The Morgan fingerprint density at radius 3 is 2.46 bits per heavy atom. The highest BCUT2D eigenvalue weighted by atomic mass is 35.5. The summed E-state index contributed by atoms with van der Waals surface area (Å²) in [5, 5.41) is 14.9. The van der Waals surface area contributed by atoms with E-state index in [0.717, 1.165) is 0 Å². The molecule has 0 heterocycles. The third-order valence-corrected chi connectivity index (χ3v) is 3.78. The van der Waals surface area contributed by atoms with Gasteiger partial charge in [-0.2, -0.15) is 5.10 Å². The molecule has 0 aromatic heterocycles. The van der Waals surface area contributed by atoms with Crippen LogP contribution >= 0.6 is 11.6 Å². The molecule has 0 fully saturated rings. The van der Waals surface area contributed by atoms with Gasteiger partial charge in [-0.3, -0.25) is 4.79 Å². The van der Waals surface area contributed by atoms with Crippen molar-refractivity contribution in [3.8, 4) is 17.2 Å². The fourth-order valence-corrected chi connectivity index (χ4v) is 2.29. The van der Waals surface area contributed by atoms with E-state index in [2.05, 4.69) is 10.5 Å². The molecule has 0 saturated carbocycles. The summed E-state index contributed by atoms with van der Waals surface area (Å²) in [5.41, 5.74) is 3.53. The number of aliphatic carboxylic acids is 1. The van der Waals surface area contributed by atoms with Crippen LogP contribution in [0.25, 0.3) is 0 Å². The van der Waals surface area contributed by atoms with Crippen LogP contribution in [0.1, 0.15) is 12.5 Å². The minimum absolute atomic E-state index is 0.250. The Kier molecular flexibility index (Phi) is 7.65. The van der Waals surface area contributed by atoms with Crippen LogP contribution in [0.3, 0.4) is 0 Å². The molecule has 0 atom stereocenters. The molecule has 2 aromatic rings. The first kappa shape index (κ1) is 21.0. The second-order valence-corrected chi connectivity index (χ2v) is 5.88. The summed E-state index contributed by atoms with van der Waals surface area (Å²) in [6, 6.07) is 11.6. The maximum Gasteiger partial charge on any atom is 0.277 e. The average molecular weight is 406 g/mol. The van der Waals surface area contributed by atoms with Gasteiger partial charge >= 0.3 is 0 Å². The van der Waals surface area contributed by atoms with Gasteiger partial charge in [-0.05, 0) is 37.3 Å². The molecule has 0 saturated heterocycles. The number of nitrogens with one attached hydrogen (secondary N) is 1. The number of ether oxygens (including phenoxy) is 3. The molecule has 1 amide bonds. The van der Waals surface area contributed by atoms with Gasteiger partial charge in [-0.1, -0.05) is 23.7 Å². The van der Waals surface area contributed by atoms with E-state index in [1.807, 2.05) is 0 Å². The molecular formula is C19H18ClN2O6-. The van der Waals surface area contributed by atoms with E-state index in [1.165, 1.54) is 7.11 Å². The number of carboxylic acid groups (broad SMARTS) is 1. The monoisotopic (exact) mass is 405 g/mol. The van der Waals surface area contributed by atoms with Crippen LogP contribution in [0, 0.1) is 0 Å². The Morgan fingerprint density at radius 1 is 1.07 bits per heavy atom. The van der Waals surface area contributed by atoms with Crippen molar-refractivity contribution in [2.45, 2.75) is 6.92 Å². The number of nitrogens with zero attached hydrogens (tertiary/aromatic N) is 1. The van der Waals surface area contributed by atoms with Gasteiger partial charge in [0.15, 0.2) is 18.1 Å². The zero-order chi connectivity index (χ0) is 20.5. The number of hydrogen-bond acceptors (Lipinski definition) is 7. The molecule has 0 bridgehead atoms. The second-order valence-electron chi connectivity index (χ2n) is 5.48. The zero-order valence-electron chi connectivity index (χ0n) is 15.2. The summed E-state index contributed by atoms with van der Waals surface area (Å²) < 4.78 is 15.6. The lowest BCUT2D eigenvalue weighted by Gasteiger charge is -2.12. The van der Waals surface area contributed by atoms with Gasteiger partial charge < -0.3 is 24.1 Å². The quantitative estimate of drug-likeness (QED) is 0.499. The van der Waals surface area contributed by atoms with Crippen molar-refractivity contribution < 1.29 is 28.9 Å². The van der Waals surface area contributed by atoms with Gasteiger partial charge in [-0.15, -0.1) is 0 Å². The third-order valence-electron chi connectivity index (χ3n) is 3.47. The fourth-order valence-electron chi connectivity index (χ4n) is 2.10. The van der Waals surface area contributed by atoms with E-state index in [9.17, 15) is 14.7 Å². The Labute approximate surface area is 166 Å². The Bertz CT molecular complexity index is 884. The van der Waals surface area contributed by atoms with Gasteiger partial charge in [-0.25, -0.2) is 5.43 Å². The second kappa shape index (κ2) is 10.2. The highest BCUT2D eigenvalue weighted by Gasteiger charge is 2.09. The number of para-hydroxylation sites is 1. The molecule has 0 aliphatic carbocycles. The number of amides is 1. The molecular weight excluding hydrogens is 388 g/mol. The van der Waals surface area contributed by atoms with Crippen molar-refractivity contribution >= 4 is 29.2 Å². The van der Waals surface area contributed by atoms with Crippen LogP contribution in [-0.4, -0.2) is 37.9 Å². The Balaban J connectivity index is 1.97. The first-order valence-electron chi connectivity index (χ1n) is 8.12. The molecule has 0 aliphatic rings. The van der Waals surface area contributed by atoms with Gasteiger partial charge in [0.1, 0.15) is 12.4 Å². The summed E-state index contributed by atoms with van der Waals surface area (Å²) in [4.78, 5) is 22.4. The summed E-state index contributed by atoms with van der Waals surface area (Å²) in [5.74, 6) is -0.829. The van der Waals surface area contributed by atoms with Crippen LogP contribution in [-0.2, 0) is 9.59 Å². The molecule has 28 heavy (non-hydrogen) atoms. The normalized spacial score (nSPS) is 10.9. The minimum Gasteiger partial charge on any atom is -0.546 e. The lowest BCUT2D eigenvalue weighted by Crippen LogP contribution is -2.29. The smallest absolute Gasteiger partial charge is 0.277 e. The minimum atomic E-state index is -1.34. The van der Waals surface area contributed by atoms with Crippen molar-refractivity contribution in [3.63, 3.8) is 0 Å². The average Bonchev–Trinajstić information content (AvgIpc) is 2.69. The molecule has 0 spiro atoms. The third kappa shape index (κ3) is 6.17. The maximum atomic E-state index is 11.9. The predicted octanol–water partition coefficient (Wildman–Crippen LogP) is 1.40. The van der Waals surface area contributed by atoms with E-state index < -0.39 is 18.5 Å². The highest BCUT2D eigenvalue weighted by molar-refractivity contribution is 6.32. The largest absolute Gasteiger partial charge is 0.546 e. The van der Waals surface area contributed by atoms with Gasteiger partial charge in [0.05, 0.1) is 23.8 Å². The lowest BCUT2D eigenvalue weighted by molar-refractivity contribution is -0.307. The van der Waals surface area contributed by atoms with Crippen molar-refractivity contribution in [1.29, 1.82) is 0 Å². The number of carbonyl (C=O) groups is 2. The van der Waals surface area contributed by atoms with Crippen LogP contribution < -0.4 is 24.7 Å². The topological polar surface area (TPSA) is 109 Å². The van der Waals surface area contributed by atoms with E-state index >= 15 is 0 Å². The molecule has 0 unspecified atom stereocenters. The summed E-state index contributed by atoms with van der Waals surface area (Å²) in [7, 11) is 1.42. The van der Waals surface area contributed by atoms with Crippen molar-refractivity contribution in [3.05, 3.63) is 53.1 Å². The number of hydrazone groups is 1. The fraction of sp³-hybridized carbons (Fsp3) is 0.211. The molecule has 2 rings (SSSR count). The SMILES string of the molecule is COc1cc(/C(C)=N\NC(=O)COc2ccccc2Cl)ccc1OCC(=O)[O-]. The number of carboxylic acids is 1. The maximum absolute atomic E-state index is 11.9. The molecule has 1 N–H and O–H groups in total. The molecule has 0 radical (unpaired) electrons. The standard InChI is InChI=1S/C19H19ClN2O6/c1-12(13-7-8-16(17(9-13)26-2)28-11-19(24)25)21-22-18(23)10-27-15-6-4-3-5-14(15)20/h3-9H,10-11H2,1-2H3,(H,22,23)(H,24,25)/p-1/b21-12-. The molecule has 0 aliphatic heterocycles. The number of hydrogen-bond donors (Lipinski definition) is 1.